The second kappa shape index (κ2) is 6.81. The van der Waals surface area contributed by atoms with Crippen molar-refractivity contribution in [3.63, 3.8) is 0 Å². The lowest BCUT2D eigenvalue weighted by Crippen LogP contribution is -2.26. The molecule has 0 radical (unpaired) electrons. The highest BCUT2D eigenvalue weighted by atomic mass is 16.5. The van der Waals surface area contributed by atoms with Crippen LogP contribution in [0.4, 0.5) is 5.69 Å². The van der Waals surface area contributed by atoms with Crippen molar-refractivity contribution in [3.8, 4) is 5.75 Å². The van der Waals surface area contributed by atoms with E-state index in [1.54, 1.807) is 7.11 Å². The largest absolute Gasteiger partial charge is 0.494 e. The van der Waals surface area contributed by atoms with Gasteiger partial charge in [-0.15, -0.1) is 6.58 Å². The molecule has 0 saturated carbocycles. The minimum atomic E-state index is -0.121. The first-order valence-electron chi connectivity index (χ1n) is 10.7. The van der Waals surface area contributed by atoms with Crippen LogP contribution >= 0.6 is 0 Å². The van der Waals surface area contributed by atoms with Crippen LogP contribution in [0.1, 0.15) is 20.8 Å². The molecule has 0 saturated heterocycles. The SMILES string of the molecule is C=CCn1c2ccccc2c2c(OC)c(NC(C)(C)C)c3c4ccccc4n(C)c3c21. The third kappa shape index (κ3) is 2.74. The summed E-state index contributed by atoms with van der Waals surface area (Å²) in [5.74, 6) is 0.896. The average Bonchev–Trinajstić information content (AvgIpc) is 3.21. The van der Waals surface area contributed by atoms with Crippen molar-refractivity contribution in [1.29, 1.82) is 0 Å². The van der Waals surface area contributed by atoms with E-state index in [1.165, 1.54) is 38.2 Å². The van der Waals surface area contributed by atoms with Crippen LogP contribution in [0.5, 0.6) is 5.75 Å². The van der Waals surface area contributed by atoms with Gasteiger partial charge in [0.05, 0.1) is 29.2 Å². The van der Waals surface area contributed by atoms with E-state index in [4.69, 9.17) is 4.74 Å². The molecule has 31 heavy (non-hydrogen) atoms. The first-order chi connectivity index (χ1) is 14.9. The number of fused-ring (bicyclic) bond motifs is 7. The molecule has 1 N–H and O–H groups in total. The Kier molecular flexibility index (Phi) is 4.30. The molecule has 0 unspecified atom stereocenters. The summed E-state index contributed by atoms with van der Waals surface area (Å²) in [6, 6.07) is 17.2. The minimum Gasteiger partial charge on any atom is -0.494 e. The summed E-state index contributed by atoms with van der Waals surface area (Å²) < 4.78 is 10.8. The number of aromatic nitrogens is 2. The van der Waals surface area contributed by atoms with Crippen molar-refractivity contribution in [1.82, 2.24) is 9.13 Å². The Morgan fingerprint density at radius 1 is 0.935 bits per heavy atom. The molecule has 5 rings (SSSR count). The molecule has 0 amide bonds. The molecule has 4 nitrogen and oxygen atoms in total. The van der Waals surface area contributed by atoms with E-state index in [1.807, 2.05) is 6.08 Å². The summed E-state index contributed by atoms with van der Waals surface area (Å²) in [6.07, 6.45) is 1.97. The smallest absolute Gasteiger partial charge is 0.152 e. The fourth-order valence-electron chi connectivity index (χ4n) is 4.96. The summed E-state index contributed by atoms with van der Waals surface area (Å²) in [5, 5.41) is 8.54. The number of methoxy groups -OCH3 is 1. The van der Waals surface area contributed by atoms with Gasteiger partial charge in [-0.1, -0.05) is 42.5 Å². The zero-order valence-electron chi connectivity index (χ0n) is 18.9. The van der Waals surface area contributed by atoms with Crippen molar-refractivity contribution >= 4 is 49.3 Å². The van der Waals surface area contributed by atoms with Crippen molar-refractivity contribution in [2.24, 2.45) is 7.05 Å². The molecular weight excluding hydrogens is 382 g/mol. The van der Waals surface area contributed by atoms with Crippen LogP contribution in [0.3, 0.4) is 0 Å². The summed E-state index contributed by atoms with van der Waals surface area (Å²) in [4.78, 5) is 0. The number of para-hydroxylation sites is 2. The van der Waals surface area contributed by atoms with Crippen LogP contribution in [0.15, 0.2) is 61.2 Å². The standard InChI is InChI=1S/C27H29N3O/c1-7-16-30-20-15-11-9-13-18(20)22-25(30)24-21(17-12-8-10-14-19(17)29(24)5)23(26(22)31-6)28-27(2,3)4/h7-15,28H,1,16H2,2-6H3. The van der Waals surface area contributed by atoms with Crippen LogP contribution in [0.2, 0.25) is 0 Å². The van der Waals surface area contributed by atoms with Gasteiger partial charge in [0.15, 0.2) is 5.75 Å². The van der Waals surface area contributed by atoms with Gasteiger partial charge in [-0.2, -0.15) is 0 Å². The van der Waals surface area contributed by atoms with E-state index in [0.29, 0.717) is 0 Å². The Balaban J connectivity index is 2.16. The zero-order valence-corrected chi connectivity index (χ0v) is 18.9. The van der Waals surface area contributed by atoms with E-state index >= 15 is 0 Å². The van der Waals surface area contributed by atoms with Gasteiger partial charge in [0.1, 0.15) is 0 Å². The number of aryl methyl sites for hydroxylation is 1. The fourth-order valence-corrected chi connectivity index (χ4v) is 4.96. The minimum absolute atomic E-state index is 0.121. The topological polar surface area (TPSA) is 31.1 Å². The zero-order chi connectivity index (χ0) is 21.9. The Hall–Kier alpha value is -3.40. The Morgan fingerprint density at radius 3 is 2.16 bits per heavy atom. The lowest BCUT2D eigenvalue weighted by Gasteiger charge is -2.25. The van der Waals surface area contributed by atoms with Gasteiger partial charge in [0, 0.05) is 46.3 Å². The first-order valence-corrected chi connectivity index (χ1v) is 10.7. The van der Waals surface area contributed by atoms with E-state index in [-0.39, 0.29) is 5.54 Å². The van der Waals surface area contributed by atoms with Gasteiger partial charge in [-0.05, 0) is 32.9 Å². The molecule has 0 fully saturated rings. The van der Waals surface area contributed by atoms with Crippen LogP contribution in [-0.4, -0.2) is 21.8 Å². The molecule has 0 atom stereocenters. The maximum atomic E-state index is 6.16. The second-order valence-electron chi connectivity index (χ2n) is 9.22. The molecule has 0 aliphatic carbocycles. The Bertz CT molecular complexity index is 1480. The quantitative estimate of drug-likeness (QED) is 0.328. The normalized spacial score (nSPS) is 12.3. The average molecular weight is 412 g/mol. The molecule has 0 aliphatic rings. The van der Waals surface area contributed by atoms with Gasteiger partial charge < -0.3 is 19.2 Å². The van der Waals surface area contributed by atoms with Crippen LogP contribution < -0.4 is 10.1 Å². The molecule has 2 heterocycles. The number of anilines is 1. The van der Waals surface area contributed by atoms with Gasteiger partial charge in [-0.25, -0.2) is 0 Å². The predicted octanol–water partition coefficient (Wildman–Crippen LogP) is 6.84. The lowest BCUT2D eigenvalue weighted by atomic mass is 10.0. The van der Waals surface area contributed by atoms with Gasteiger partial charge >= 0.3 is 0 Å². The van der Waals surface area contributed by atoms with Crippen molar-refractivity contribution in [2.75, 3.05) is 12.4 Å². The number of nitrogens with one attached hydrogen (secondary N) is 1. The number of nitrogens with zero attached hydrogens (tertiary/aromatic N) is 2. The van der Waals surface area contributed by atoms with Crippen LogP contribution in [0, 0.1) is 0 Å². The highest BCUT2D eigenvalue weighted by Crippen LogP contribution is 2.49. The fraction of sp³-hybridized carbons (Fsp3) is 0.259. The maximum Gasteiger partial charge on any atom is 0.152 e. The van der Waals surface area contributed by atoms with Gasteiger partial charge in [0.25, 0.3) is 0 Å². The second-order valence-corrected chi connectivity index (χ2v) is 9.22. The summed E-state index contributed by atoms with van der Waals surface area (Å²) in [5.41, 5.74) is 5.72. The number of benzene rings is 3. The molecule has 2 aromatic heterocycles. The van der Waals surface area contributed by atoms with Gasteiger partial charge in [-0.3, -0.25) is 0 Å². The van der Waals surface area contributed by atoms with Crippen molar-refractivity contribution in [2.45, 2.75) is 32.9 Å². The maximum absolute atomic E-state index is 6.16. The summed E-state index contributed by atoms with van der Waals surface area (Å²) in [6.45, 7) is 11.3. The van der Waals surface area contributed by atoms with Crippen LogP contribution in [-0.2, 0) is 13.6 Å². The van der Waals surface area contributed by atoms with Crippen molar-refractivity contribution in [3.05, 3.63) is 61.2 Å². The predicted molar refractivity (Wildman–Crippen MR) is 134 cm³/mol. The van der Waals surface area contributed by atoms with E-state index < -0.39 is 0 Å². The van der Waals surface area contributed by atoms with Crippen LogP contribution in [0.25, 0.3) is 43.6 Å². The van der Waals surface area contributed by atoms with Gasteiger partial charge in [0.2, 0.25) is 0 Å². The molecule has 4 heteroatoms. The third-order valence-electron chi connectivity index (χ3n) is 6.02. The first kappa shape index (κ1) is 19.6. The molecule has 5 aromatic rings. The number of allylic oxidation sites excluding steroid dienone is 1. The highest BCUT2D eigenvalue weighted by Gasteiger charge is 2.27. The van der Waals surface area contributed by atoms with E-state index in [0.717, 1.165) is 23.4 Å². The monoisotopic (exact) mass is 411 g/mol. The Morgan fingerprint density at radius 2 is 1.55 bits per heavy atom. The molecule has 0 spiro atoms. The van der Waals surface area contributed by atoms with Crippen molar-refractivity contribution < 1.29 is 4.74 Å². The number of ether oxygens (including phenoxy) is 1. The third-order valence-corrected chi connectivity index (χ3v) is 6.02. The number of rotatable bonds is 4. The summed E-state index contributed by atoms with van der Waals surface area (Å²) in [7, 11) is 3.94. The van der Waals surface area contributed by atoms with E-state index in [2.05, 4.69) is 97.4 Å². The molecule has 3 aromatic carbocycles. The molecule has 158 valence electrons. The lowest BCUT2D eigenvalue weighted by molar-refractivity contribution is 0.420. The number of hydrogen-bond acceptors (Lipinski definition) is 2. The Labute approximate surface area is 182 Å². The number of hydrogen-bond donors (Lipinski definition) is 1. The highest BCUT2D eigenvalue weighted by molar-refractivity contribution is 6.29. The molecule has 0 aliphatic heterocycles. The molecular formula is C27H29N3O. The summed E-state index contributed by atoms with van der Waals surface area (Å²) >= 11 is 0. The van der Waals surface area contributed by atoms with E-state index in [9.17, 15) is 0 Å². The molecule has 0 bridgehead atoms.